The maximum atomic E-state index is 11.2. The summed E-state index contributed by atoms with van der Waals surface area (Å²) < 4.78 is 5.48. The molecule has 19 heavy (non-hydrogen) atoms. The predicted molar refractivity (Wildman–Crippen MR) is 79.3 cm³/mol. The molecule has 2 nitrogen and oxygen atoms in total. The predicted octanol–water partition coefficient (Wildman–Crippen LogP) is 3.69. The van der Waals surface area contributed by atoms with E-state index in [0.29, 0.717) is 8.81 Å². The Kier molecular flexibility index (Phi) is 4.11. The average molecular weight is 273 g/mol. The fourth-order valence-electron chi connectivity index (χ4n) is 2.10. The Labute approximate surface area is 116 Å². The van der Waals surface area contributed by atoms with Crippen LogP contribution >= 0.6 is 8.81 Å². The lowest BCUT2D eigenvalue weighted by molar-refractivity contribution is -0.268. The molecule has 0 saturated carbocycles. The Morgan fingerprint density at radius 2 is 1.37 bits per heavy atom. The topological polar surface area (TPSA) is 32.3 Å². The van der Waals surface area contributed by atoms with Crippen molar-refractivity contribution in [1.29, 1.82) is 0 Å². The van der Waals surface area contributed by atoms with Gasteiger partial charge in [0.2, 0.25) is 0 Å². The molecule has 0 heterocycles. The number of benzene rings is 2. The Bertz CT molecular complexity index is 530. The number of hydrogen-bond donors (Lipinski definition) is 0. The molecule has 1 atom stereocenters. The lowest BCUT2D eigenvalue weighted by atomic mass is 9.78. The molecule has 2 aromatic carbocycles. The van der Waals surface area contributed by atoms with Crippen LogP contribution in [0.3, 0.4) is 0 Å². The zero-order valence-electron chi connectivity index (χ0n) is 11.4. The zero-order chi connectivity index (χ0) is 13.9. The molecule has 0 fully saturated rings. The second-order valence-electron chi connectivity index (χ2n) is 4.98. The molecular weight excluding hydrogens is 255 g/mol. The monoisotopic (exact) mass is 273 g/mol. The molecule has 0 aliphatic carbocycles. The Morgan fingerprint density at radius 1 is 0.895 bits per heavy atom. The van der Waals surface area contributed by atoms with E-state index < -0.39 is 0 Å². The molecule has 0 radical (unpaired) electrons. The van der Waals surface area contributed by atoms with E-state index in [9.17, 15) is 5.11 Å². The highest BCUT2D eigenvalue weighted by molar-refractivity contribution is 7.31. The minimum atomic E-state index is -0.124. The molecule has 3 heteroatoms. The highest BCUT2D eigenvalue weighted by Gasteiger charge is 2.22. The van der Waals surface area contributed by atoms with Gasteiger partial charge in [-0.15, -0.1) is 5.75 Å². The van der Waals surface area contributed by atoms with Gasteiger partial charge in [-0.3, -0.25) is 0 Å². The molecule has 0 aliphatic heterocycles. The quantitative estimate of drug-likeness (QED) is 0.796. The molecule has 0 aromatic heterocycles. The summed E-state index contributed by atoms with van der Waals surface area (Å²) in [5.74, 6) is 0.947. The first-order valence-corrected chi connectivity index (χ1v) is 7.66. The van der Waals surface area contributed by atoms with E-state index in [1.807, 2.05) is 30.9 Å². The first-order valence-electron chi connectivity index (χ1n) is 6.26. The number of hydrogen-bond acceptors (Lipinski definition) is 2. The summed E-state index contributed by atoms with van der Waals surface area (Å²) in [5.41, 5.74) is 2.22. The van der Waals surface area contributed by atoms with Gasteiger partial charge in [0.25, 0.3) is 0 Å². The SMILES string of the molecule is CPOc1ccc(C(C)(C)c2ccc([O-])cc2)cc1. The normalized spacial score (nSPS) is 11.9. The highest BCUT2D eigenvalue weighted by atomic mass is 31.1. The third-order valence-electron chi connectivity index (χ3n) is 3.37. The van der Waals surface area contributed by atoms with E-state index >= 15 is 0 Å². The van der Waals surface area contributed by atoms with Crippen molar-refractivity contribution in [3.63, 3.8) is 0 Å². The Balaban J connectivity index is 2.30. The molecule has 2 rings (SSSR count). The molecule has 0 N–H and O–H groups in total. The summed E-state index contributed by atoms with van der Waals surface area (Å²) in [6.45, 7) is 6.32. The molecule has 0 saturated heterocycles. The van der Waals surface area contributed by atoms with E-state index in [2.05, 4.69) is 26.0 Å². The van der Waals surface area contributed by atoms with Crippen LogP contribution < -0.4 is 9.63 Å². The van der Waals surface area contributed by atoms with Crippen molar-refractivity contribution in [2.75, 3.05) is 6.66 Å². The molecule has 100 valence electrons. The van der Waals surface area contributed by atoms with Gasteiger partial charge < -0.3 is 9.63 Å². The van der Waals surface area contributed by atoms with Gasteiger partial charge in [0.15, 0.2) is 0 Å². The van der Waals surface area contributed by atoms with Crippen molar-refractivity contribution < 1.29 is 9.63 Å². The van der Waals surface area contributed by atoms with Crippen molar-refractivity contribution in [3.05, 3.63) is 59.7 Å². The first kappa shape index (κ1) is 13.9. The van der Waals surface area contributed by atoms with E-state index in [1.54, 1.807) is 12.1 Å². The molecular formula is C16H18O2P-. The van der Waals surface area contributed by atoms with E-state index in [-0.39, 0.29) is 11.2 Å². The van der Waals surface area contributed by atoms with Crippen LogP contribution in [0.1, 0.15) is 25.0 Å². The number of rotatable bonds is 4. The van der Waals surface area contributed by atoms with Gasteiger partial charge in [0.1, 0.15) is 5.75 Å². The minimum Gasteiger partial charge on any atom is -0.872 e. The van der Waals surface area contributed by atoms with E-state index in [4.69, 9.17) is 4.52 Å². The average Bonchev–Trinajstić information content (AvgIpc) is 2.40. The van der Waals surface area contributed by atoms with Gasteiger partial charge in [0, 0.05) is 5.41 Å². The van der Waals surface area contributed by atoms with Crippen LogP contribution in [0.25, 0.3) is 0 Å². The minimum absolute atomic E-state index is 0.0484. The van der Waals surface area contributed by atoms with Crippen LogP contribution in [-0.4, -0.2) is 6.66 Å². The van der Waals surface area contributed by atoms with Crippen molar-refractivity contribution in [1.82, 2.24) is 0 Å². The standard InChI is InChI=1S/C16H19O2P/c1-16(2,12-4-8-14(17)9-5-12)13-6-10-15(11-7-13)18-19-3/h4-11,17,19H,1-3H3/p-1. The van der Waals surface area contributed by atoms with E-state index in [1.165, 1.54) is 5.56 Å². The van der Waals surface area contributed by atoms with Gasteiger partial charge >= 0.3 is 0 Å². The van der Waals surface area contributed by atoms with Crippen LogP contribution in [0, 0.1) is 0 Å². The lowest BCUT2D eigenvalue weighted by Gasteiger charge is -2.27. The van der Waals surface area contributed by atoms with Gasteiger partial charge in [-0.1, -0.05) is 50.2 Å². The van der Waals surface area contributed by atoms with Crippen LogP contribution in [0.5, 0.6) is 11.5 Å². The van der Waals surface area contributed by atoms with Crippen molar-refractivity contribution in [2.24, 2.45) is 0 Å². The fourth-order valence-corrected chi connectivity index (χ4v) is 2.47. The largest absolute Gasteiger partial charge is 0.872 e. The summed E-state index contributed by atoms with van der Waals surface area (Å²) in [4.78, 5) is 0. The summed E-state index contributed by atoms with van der Waals surface area (Å²) >= 11 is 0. The zero-order valence-corrected chi connectivity index (χ0v) is 12.4. The molecule has 0 amide bonds. The maximum Gasteiger partial charge on any atom is 0.122 e. The second-order valence-corrected chi connectivity index (χ2v) is 5.59. The van der Waals surface area contributed by atoms with Crippen LogP contribution in [-0.2, 0) is 5.41 Å². The van der Waals surface area contributed by atoms with Crippen LogP contribution in [0.15, 0.2) is 48.5 Å². The summed E-state index contributed by atoms with van der Waals surface area (Å²) in [6.07, 6.45) is 0. The maximum absolute atomic E-state index is 11.2. The van der Waals surface area contributed by atoms with Gasteiger partial charge in [-0.05, 0) is 29.9 Å². The third kappa shape index (κ3) is 3.08. The third-order valence-corrected chi connectivity index (χ3v) is 3.81. The van der Waals surface area contributed by atoms with Gasteiger partial charge in [0.05, 0.1) is 8.81 Å². The van der Waals surface area contributed by atoms with Crippen LogP contribution in [0.2, 0.25) is 0 Å². The fraction of sp³-hybridized carbons (Fsp3) is 0.250. The van der Waals surface area contributed by atoms with Crippen molar-refractivity contribution in [2.45, 2.75) is 19.3 Å². The summed E-state index contributed by atoms with van der Waals surface area (Å²) in [6, 6.07) is 15.2. The van der Waals surface area contributed by atoms with Gasteiger partial charge in [-0.2, -0.15) is 0 Å². The lowest BCUT2D eigenvalue weighted by Crippen LogP contribution is -2.18. The van der Waals surface area contributed by atoms with Crippen molar-refractivity contribution >= 4 is 8.81 Å². The molecule has 0 spiro atoms. The Hall–Kier alpha value is -1.53. The molecule has 1 unspecified atom stereocenters. The summed E-state index contributed by atoms with van der Waals surface area (Å²) in [7, 11) is 0.455. The van der Waals surface area contributed by atoms with Crippen molar-refractivity contribution in [3.8, 4) is 11.5 Å². The van der Waals surface area contributed by atoms with E-state index in [0.717, 1.165) is 11.3 Å². The smallest absolute Gasteiger partial charge is 0.122 e. The first-order chi connectivity index (χ1) is 9.04. The molecule has 0 aliphatic rings. The second kappa shape index (κ2) is 5.63. The Morgan fingerprint density at radius 3 is 1.84 bits per heavy atom. The summed E-state index contributed by atoms with van der Waals surface area (Å²) in [5, 5.41) is 11.2. The molecule has 2 aromatic rings. The highest BCUT2D eigenvalue weighted by Crippen LogP contribution is 2.33. The molecule has 0 bridgehead atoms. The van der Waals surface area contributed by atoms with Gasteiger partial charge in [-0.25, -0.2) is 0 Å². The van der Waals surface area contributed by atoms with Crippen LogP contribution in [0.4, 0.5) is 0 Å².